The second-order valence-electron chi connectivity index (χ2n) is 5.35. The summed E-state index contributed by atoms with van der Waals surface area (Å²) in [6, 6.07) is 9.60. The van der Waals surface area contributed by atoms with E-state index in [0.717, 1.165) is 19.4 Å². The summed E-state index contributed by atoms with van der Waals surface area (Å²) < 4.78 is 5.70. The topological polar surface area (TPSA) is 24.5 Å². The molecular formula is C16H26N2O. The third-order valence-electron chi connectivity index (χ3n) is 4.28. The summed E-state index contributed by atoms with van der Waals surface area (Å²) in [4.78, 5) is 2.40. The monoisotopic (exact) mass is 262 g/mol. The molecule has 0 amide bonds. The summed E-state index contributed by atoms with van der Waals surface area (Å²) in [6.45, 7) is 5.27. The van der Waals surface area contributed by atoms with E-state index in [1.807, 2.05) is 7.05 Å². The van der Waals surface area contributed by atoms with Gasteiger partial charge in [-0.25, -0.2) is 0 Å². The Morgan fingerprint density at radius 2 is 2.16 bits per heavy atom. The predicted octanol–water partition coefficient (Wildman–Crippen LogP) is 2.97. The number of nitrogens with zero attached hydrogens (tertiary/aromatic N) is 1. The molecule has 1 N–H and O–H groups in total. The van der Waals surface area contributed by atoms with Gasteiger partial charge >= 0.3 is 0 Å². The van der Waals surface area contributed by atoms with Gasteiger partial charge in [0.15, 0.2) is 0 Å². The maximum absolute atomic E-state index is 5.70. The van der Waals surface area contributed by atoms with E-state index in [4.69, 9.17) is 4.74 Å². The molecule has 0 aromatic heterocycles. The van der Waals surface area contributed by atoms with E-state index in [1.165, 1.54) is 11.3 Å². The van der Waals surface area contributed by atoms with Gasteiger partial charge in [-0.1, -0.05) is 25.1 Å². The van der Waals surface area contributed by atoms with Crippen molar-refractivity contribution in [3.8, 4) is 0 Å². The van der Waals surface area contributed by atoms with Gasteiger partial charge < -0.3 is 15.0 Å². The summed E-state index contributed by atoms with van der Waals surface area (Å²) >= 11 is 0. The van der Waals surface area contributed by atoms with Gasteiger partial charge in [0, 0.05) is 25.4 Å². The first-order valence-corrected chi connectivity index (χ1v) is 7.29. The minimum Gasteiger partial charge on any atom is -0.376 e. The Morgan fingerprint density at radius 1 is 1.42 bits per heavy atom. The van der Waals surface area contributed by atoms with Crippen molar-refractivity contribution in [2.45, 2.75) is 44.9 Å². The number of benzene rings is 1. The van der Waals surface area contributed by atoms with Crippen molar-refractivity contribution in [1.29, 1.82) is 0 Å². The molecule has 0 saturated carbocycles. The lowest BCUT2D eigenvalue weighted by Crippen LogP contribution is -2.37. The van der Waals surface area contributed by atoms with Crippen molar-refractivity contribution in [3.63, 3.8) is 0 Å². The highest BCUT2D eigenvalue weighted by molar-refractivity contribution is 5.55. The van der Waals surface area contributed by atoms with E-state index in [9.17, 15) is 0 Å². The van der Waals surface area contributed by atoms with Crippen LogP contribution in [0.5, 0.6) is 0 Å². The average molecular weight is 262 g/mol. The van der Waals surface area contributed by atoms with E-state index >= 15 is 0 Å². The number of hydrogen-bond donors (Lipinski definition) is 1. The van der Waals surface area contributed by atoms with Gasteiger partial charge in [0.2, 0.25) is 0 Å². The lowest BCUT2D eigenvalue weighted by atomic mass is 10.00. The fourth-order valence-corrected chi connectivity index (χ4v) is 3.09. The Morgan fingerprint density at radius 3 is 2.74 bits per heavy atom. The van der Waals surface area contributed by atoms with Crippen molar-refractivity contribution in [3.05, 3.63) is 29.8 Å². The SMILES string of the molecule is CCC(NC)c1ccccc1N(C)C1CCOC1C. The molecule has 106 valence electrons. The molecule has 1 aromatic rings. The van der Waals surface area contributed by atoms with E-state index in [2.05, 4.69) is 55.4 Å². The van der Waals surface area contributed by atoms with Crippen molar-refractivity contribution < 1.29 is 4.74 Å². The molecule has 3 unspecified atom stereocenters. The summed E-state index contributed by atoms with van der Waals surface area (Å²) in [5, 5.41) is 3.41. The smallest absolute Gasteiger partial charge is 0.0750 e. The van der Waals surface area contributed by atoms with Crippen LogP contribution >= 0.6 is 0 Å². The first kappa shape index (κ1) is 14.4. The molecule has 0 aliphatic carbocycles. The molecule has 1 aromatic carbocycles. The fourth-order valence-electron chi connectivity index (χ4n) is 3.09. The van der Waals surface area contributed by atoms with Gasteiger partial charge in [-0.2, -0.15) is 0 Å². The molecule has 1 saturated heterocycles. The van der Waals surface area contributed by atoms with Crippen LogP contribution in [0.15, 0.2) is 24.3 Å². The van der Waals surface area contributed by atoms with Crippen LogP contribution in [0.1, 0.15) is 38.3 Å². The molecule has 1 aliphatic rings. The molecule has 2 rings (SSSR count). The molecule has 0 radical (unpaired) electrons. The molecule has 1 heterocycles. The number of anilines is 1. The van der Waals surface area contributed by atoms with Crippen LogP contribution in [0, 0.1) is 0 Å². The van der Waals surface area contributed by atoms with Gasteiger partial charge in [0.25, 0.3) is 0 Å². The molecule has 0 spiro atoms. The Hall–Kier alpha value is -1.06. The summed E-state index contributed by atoms with van der Waals surface area (Å²) in [7, 11) is 4.23. The van der Waals surface area contributed by atoms with Crippen LogP contribution in [-0.2, 0) is 4.74 Å². The second kappa shape index (κ2) is 6.40. The Kier molecular flexibility index (Phi) is 4.83. The van der Waals surface area contributed by atoms with Crippen LogP contribution in [0.4, 0.5) is 5.69 Å². The molecule has 3 atom stereocenters. The lowest BCUT2D eigenvalue weighted by molar-refractivity contribution is 0.118. The van der Waals surface area contributed by atoms with Crippen LogP contribution < -0.4 is 10.2 Å². The van der Waals surface area contributed by atoms with Gasteiger partial charge in [-0.15, -0.1) is 0 Å². The highest BCUT2D eigenvalue weighted by Crippen LogP contribution is 2.31. The third-order valence-corrected chi connectivity index (χ3v) is 4.28. The largest absolute Gasteiger partial charge is 0.376 e. The van der Waals surface area contributed by atoms with Crippen molar-refractivity contribution in [2.24, 2.45) is 0 Å². The number of hydrogen-bond acceptors (Lipinski definition) is 3. The minimum absolute atomic E-state index is 0.313. The average Bonchev–Trinajstić information content (AvgIpc) is 2.86. The molecule has 1 aliphatic heterocycles. The molecular weight excluding hydrogens is 236 g/mol. The number of nitrogens with one attached hydrogen (secondary N) is 1. The summed E-state index contributed by atoms with van der Waals surface area (Å²) in [5.41, 5.74) is 2.71. The Bertz CT molecular complexity index is 403. The minimum atomic E-state index is 0.313. The van der Waals surface area contributed by atoms with Crippen molar-refractivity contribution in [2.75, 3.05) is 25.6 Å². The second-order valence-corrected chi connectivity index (χ2v) is 5.35. The Labute approximate surface area is 116 Å². The Balaban J connectivity index is 2.28. The normalized spacial score (nSPS) is 24.4. The number of ether oxygens (including phenoxy) is 1. The highest BCUT2D eigenvalue weighted by Gasteiger charge is 2.29. The maximum Gasteiger partial charge on any atom is 0.0750 e. The van der Waals surface area contributed by atoms with Crippen LogP contribution in [-0.4, -0.2) is 32.8 Å². The predicted molar refractivity (Wildman–Crippen MR) is 80.8 cm³/mol. The molecule has 3 nitrogen and oxygen atoms in total. The van der Waals surface area contributed by atoms with Gasteiger partial charge in [0.05, 0.1) is 12.1 Å². The van der Waals surface area contributed by atoms with E-state index in [-0.39, 0.29) is 0 Å². The van der Waals surface area contributed by atoms with Gasteiger partial charge in [0.1, 0.15) is 0 Å². The van der Waals surface area contributed by atoms with Crippen LogP contribution in [0.25, 0.3) is 0 Å². The first-order chi connectivity index (χ1) is 9.19. The molecule has 1 fully saturated rings. The molecule has 19 heavy (non-hydrogen) atoms. The first-order valence-electron chi connectivity index (χ1n) is 7.29. The van der Waals surface area contributed by atoms with Crippen molar-refractivity contribution >= 4 is 5.69 Å². The summed E-state index contributed by atoms with van der Waals surface area (Å²) in [6.07, 6.45) is 2.52. The van der Waals surface area contributed by atoms with Gasteiger partial charge in [-0.05, 0) is 38.4 Å². The van der Waals surface area contributed by atoms with Crippen molar-refractivity contribution in [1.82, 2.24) is 5.32 Å². The van der Waals surface area contributed by atoms with E-state index in [1.54, 1.807) is 0 Å². The quantitative estimate of drug-likeness (QED) is 0.883. The number of para-hydroxylation sites is 1. The number of likely N-dealkylation sites (N-methyl/N-ethyl adjacent to an activating group) is 1. The van der Waals surface area contributed by atoms with Crippen LogP contribution in [0.3, 0.4) is 0 Å². The zero-order valence-corrected chi connectivity index (χ0v) is 12.5. The van der Waals surface area contributed by atoms with Crippen LogP contribution in [0.2, 0.25) is 0 Å². The molecule has 0 bridgehead atoms. The third kappa shape index (κ3) is 2.93. The standard InChI is InChI=1S/C16H26N2O/c1-5-14(17-3)13-8-6-7-9-16(13)18(4)15-10-11-19-12(15)2/h6-9,12,14-15,17H,5,10-11H2,1-4H3. The van der Waals surface area contributed by atoms with Gasteiger partial charge in [-0.3, -0.25) is 0 Å². The van der Waals surface area contributed by atoms with E-state index in [0.29, 0.717) is 18.2 Å². The summed E-state index contributed by atoms with van der Waals surface area (Å²) in [5.74, 6) is 0. The lowest BCUT2D eigenvalue weighted by Gasteiger charge is -2.32. The zero-order valence-electron chi connectivity index (χ0n) is 12.5. The number of rotatable bonds is 5. The zero-order chi connectivity index (χ0) is 13.8. The fraction of sp³-hybridized carbons (Fsp3) is 0.625. The highest BCUT2D eigenvalue weighted by atomic mass is 16.5. The molecule has 3 heteroatoms. The maximum atomic E-state index is 5.70. The van der Waals surface area contributed by atoms with E-state index < -0.39 is 0 Å².